The van der Waals surface area contributed by atoms with Crippen LogP contribution in [0.25, 0.3) is 0 Å². The minimum Gasteiger partial charge on any atom is -0.346 e. The summed E-state index contributed by atoms with van der Waals surface area (Å²) in [6, 6.07) is 6.06. The lowest BCUT2D eigenvalue weighted by Gasteiger charge is -2.40. The number of hydrogen-bond acceptors (Lipinski definition) is 2. The third-order valence-corrected chi connectivity index (χ3v) is 4.45. The van der Waals surface area contributed by atoms with Gasteiger partial charge in [0.2, 0.25) is 0 Å². The largest absolute Gasteiger partial charge is 0.346 e. The van der Waals surface area contributed by atoms with Crippen LogP contribution >= 0.6 is 15.9 Å². The lowest BCUT2D eigenvalue weighted by molar-refractivity contribution is -0.0443. The van der Waals surface area contributed by atoms with Crippen LogP contribution in [0.15, 0.2) is 22.7 Å². The molecule has 0 unspecified atom stereocenters. The molecule has 98 valence electrons. The van der Waals surface area contributed by atoms with Crippen molar-refractivity contribution in [2.75, 3.05) is 19.9 Å². The van der Waals surface area contributed by atoms with Crippen molar-refractivity contribution < 1.29 is 13.9 Å². The Morgan fingerprint density at radius 2 is 1.94 bits per heavy atom. The molecule has 1 aliphatic carbocycles. The maximum Gasteiger partial charge on any atom is 0.184 e. The van der Waals surface area contributed by atoms with Crippen molar-refractivity contribution in [3.63, 3.8) is 0 Å². The topological polar surface area (TPSA) is 18.5 Å². The standard InChI is InChI=1S/C14H16BrFO2/c15-12-7-10(13-17-4-5-18-13)6-11(8-12)14(9-16)2-1-3-14/h6-8,13H,1-5,9H2. The van der Waals surface area contributed by atoms with Crippen LogP contribution in [0.1, 0.15) is 36.7 Å². The van der Waals surface area contributed by atoms with Gasteiger partial charge in [0.15, 0.2) is 6.29 Å². The molecular formula is C14H16BrFO2. The number of rotatable bonds is 3. The summed E-state index contributed by atoms with van der Waals surface area (Å²) in [5.74, 6) is 0. The smallest absolute Gasteiger partial charge is 0.184 e. The predicted molar refractivity (Wildman–Crippen MR) is 70.3 cm³/mol. The molecule has 4 heteroatoms. The monoisotopic (exact) mass is 314 g/mol. The van der Waals surface area contributed by atoms with Crippen LogP contribution in [0.3, 0.4) is 0 Å². The molecule has 3 rings (SSSR count). The van der Waals surface area contributed by atoms with E-state index in [4.69, 9.17) is 9.47 Å². The van der Waals surface area contributed by atoms with Crippen molar-refractivity contribution in [2.45, 2.75) is 31.0 Å². The maximum atomic E-state index is 13.3. The molecule has 1 aromatic carbocycles. The van der Waals surface area contributed by atoms with Gasteiger partial charge in [0.25, 0.3) is 0 Å². The van der Waals surface area contributed by atoms with Crippen LogP contribution in [-0.4, -0.2) is 19.9 Å². The van der Waals surface area contributed by atoms with Gasteiger partial charge in [-0.15, -0.1) is 0 Å². The molecule has 0 radical (unpaired) electrons. The number of ether oxygens (including phenoxy) is 2. The zero-order chi connectivity index (χ0) is 12.6. The van der Waals surface area contributed by atoms with E-state index in [2.05, 4.69) is 15.9 Å². The van der Waals surface area contributed by atoms with E-state index in [1.54, 1.807) is 0 Å². The summed E-state index contributed by atoms with van der Waals surface area (Å²) >= 11 is 3.50. The van der Waals surface area contributed by atoms with Crippen LogP contribution in [0, 0.1) is 0 Å². The van der Waals surface area contributed by atoms with Crippen molar-refractivity contribution in [1.29, 1.82) is 0 Å². The summed E-state index contributed by atoms with van der Waals surface area (Å²) in [4.78, 5) is 0. The van der Waals surface area contributed by atoms with Gasteiger partial charge < -0.3 is 9.47 Å². The molecule has 1 saturated heterocycles. The van der Waals surface area contributed by atoms with E-state index in [1.165, 1.54) is 0 Å². The Morgan fingerprint density at radius 3 is 2.50 bits per heavy atom. The zero-order valence-corrected chi connectivity index (χ0v) is 11.7. The molecule has 0 amide bonds. The normalized spacial score (nSPS) is 23.0. The highest BCUT2D eigenvalue weighted by atomic mass is 79.9. The number of hydrogen-bond donors (Lipinski definition) is 0. The maximum absolute atomic E-state index is 13.3. The van der Waals surface area contributed by atoms with Crippen LogP contribution in [-0.2, 0) is 14.9 Å². The van der Waals surface area contributed by atoms with Gasteiger partial charge in [-0.1, -0.05) is 28.4 Å². The summed E-state index contributed by atoms with van der Waals surface area (Å²) in [6.07, 6.45) is 2.69. The summed E-state index contributed by atoms with van der Waals surface area (Å²) in [5, 5.41) is 0. The van der Waals surface area contributed by atoms with Crippen LogP contribution in [0.4, 0.5) is 4.39 Å². The number of benzene rings is 1. The second kappa shape index (κ2) is 4.91. The van der Waals surface area contributed by atoms with E-state index in [-0.39, 0.29) is 18.4 Å². The summed E-state index contributed by atoms with van der Waals surface area (Å²) < 4.78 is 25.3. The van der Waals surface area contributed by atoms with Gasteiger partial charge in [0.1, 0.15) is 0 Å². The van der Waals surface area contributed by atoms with Crippen LogP contribution < -0.4 is 0 Å². The Hall–Kier alpha value is -0.450. The van der Waals surface area contributed by atoms with Crippen molar-refractivity contribution >= 4 is 15.9 Å². The highest BCUT2D eigenvalue weighted by molar-refractivity contribution is 9.10. The molecule has 0 N–H and O–H groups in total. The minimum atomic E-state index is -0.294. The average Bonchev–Trinajstić information content (AvgIpc) is 2.81. The fourth-order valence-electron chi connectivity index (χ4n) is 2.71. The second-order valence-electron chi connectivity index (χ2n) is 5.11. The van der Waals surface area contributed by atoms with Crippen molar-refractivity contribution in [3.8, 4) is 0 Å². The highest BCUT2D eigenvalue weighted by Gasteiger charge is 2.39. The molecule has 1 saturated carbocycles. The first kappa shape index (κ1) is 12.6. The zero-order valence-electron chi connectivity index (χ0n) is 10.1. The predicted octanol–water partition coefficient (Wildman–Crippen LogP) is 3.89. The molecule has 0 bridgehead atoms. The second-order valence-corrected chi connectivity index (χ2v) is 6.03. The lowest BCUT2D eigenvalue weighted by Crippen LogP contribution is -2.36. The van der Waals surface area contributed by atoms with Gasteiger partial charge in [0.05, 0.1) is 19.9 Å². The van der Waals surface area contributed by atoms with Gasteiger partial charge in [0, 0.05) is 15.5 Å². The Kier molecular flexibility index (Phi) is 3.43. The molecular weight excluding hydrogens is 299 g/mol. The van der Waals surface area contributed by atoms with Crippen molar-refractivity contribution in [1.82, 2.24) is 0 Å². The SMILES string of the molecule is FCC1(c2cc(Br)cc(C3OCCO3)c2)CCC1. The van der Waals surface area contributed by atoms with Gasteiger partial charge in [-0.3, -0.25) is 4.39 Å². The highest BCUT2D eigenvalue weighted by Crippen LogP contribution is 2.45. The molecule has 1 heterocycles. The summed E-state index contributed by atoms with van der Waals surface area (Å²) in [6.45, 7) is 0.969. The molecule has 0 atom stereocenters. The molecule has 18 heavy (non-hydrogen) atoms. The first-order valence-electron chi connectivity index (χ1n) is 6.34. The fraction of sp³-hybridized carbons (Fsp3) is 0.571. The lowest BCUT2D eigenvalue weighted by atomic mass is 9.65. The van der Waals surface area contributed by atoms with Gasteiger partial charge >= 0.3 is 0 Å². The fourth-order valence-corrected chi connectivity index (χ4v) is 3.22. The molecule has 2 nitrogen and oxygen atoms in total. The molecule has 0 aromatic heterocycles. The van der Waals surface area contributed by atoms with Gasteiger partial charge in [-0.2, -0.15) is 0 Å². The molecule has 1 aromatic rings. The third kappa shape index (κ3) is 2.10. The summed E-state index contributed by atoms with van der Waals surface area (Å²) in [7, 11) is 0. The molecule has 1 aliphatic heterocycles. The first-order valence-corrected chi connectivity index (χ1v) is 7.13. The van der Waals surface area contributed by atoms with E-state index in [0.29, 0.717) is 13.2 Å². The molecule has 2 aliphatic rings. The van der Waals surface area contributed by atoms with E-state index >= 15 is 0 Å². The molecule has 0 spiro atoms. The Labute approximate surface area is 115 Å². The summed E-state index contributed by atoms with van der Waals surface area (Å²) in [5.41, 5.74) is 1.79. The Morgan fingerprint density at radius 1 is 1.22 bits per heavy atom. The van der Waals surface area contributed by atoms with Crippen molar-refractivity contribution in [2.24, 2.45) is 0 Å². The Balaban J connectivity index is 1.95. The van der Waals surface area contributed by atoms with Crippen molar-refractivity contribution in [3.05, 3.63) is 33.8 Å². The minimum absolute atomic E-state index is 0.267. The molecule has 2 fully saturated rings. The van der Waals surface area contributed by atoms with E-state index in [9.17, 15) is 4.39 Å². The van der Waals surface area contributed by atoms with Crippen LogP contribution in [0.5, 0.6) is 0 Å². The van der Waals surface area contributed by atoms with Crippen LogP contribution in [0.2, 0.25) is 0 Å². The van der Waals surface area contributed by atoms with E-state index in [1.807, 2.05) is 18.2 Å². The quantitative estimate of drug-likeness (QED) is 0.842. The first-order chi connectivity index (χ1) is 8.73. The average molecular weight is 315 g/mol. The van der Waals surface area contributed by atoms with Gasteiger partial charge in [-0.05, 0) is 30.5 Å². The van der Waals surface area contributed by atoms with E-state index < -0.39 is 0 Å². The Bertz CT molecular complexity index is 434. The number of alkyl halides is 1. The number of halogens is 2. The van der Waals surface area contributed by atoms with E-state index in [0.717, 1.165) is 34.9 Å². The van der Waals surface area contributed by atoms with Gasteiger partial charge in [-0.25, -0.2) is 0 Å². The third-order valence-electron chi connectivity index (χ3n) is 3.99.